The first-order valence-electron chi connectivity index (χ1n) is 11.6. The number of hydrogen-bond donors (Lipinski definition) is 2. The Bertz CT molecular complexity index is 1240. The molecule has 2 amide bonds. The monoisotopic (exact) mass is 514 g/mol. The fraction of sp³-hybridized carbons (Fsp3) is 0.280. The van der Waals surface area contributed by atoms with Gasteiger partial charge in [0.25, 0.3) is 5.69 Å². The largest absolute Gasteiger partial charge is 0.416 e. The van der Waals surface area contributed by atoms with Gasteiger partial charge in [-0.2, -0.15) is 13.2 Å². The van der Waals surface area contributed by atoms with Crippen molar-refractivity contribution in [2.75, 3.05) is 41.7 Å². The van der Waals surface area contributed by atoms with Gasteiger partial charge in [-0.3, -0.25) is 15.0 Å². The Hall–Kier alpha value is -4.19. The van der Waals surface area contributed by atoms with Gasteiger partial charge in [0, 0.05) is 50.0 Å². The lowest BCUT2D eigenvalue weighted by atomic mass is 10.1. The fourth-order valence-electron chi connectivity index (χ4n) is 4.10. The number of halogens is 3. The smallest absolute Gasteiger partial charge is 0.355 e. The number of pyridine rings is 1. The predicted octanol–water partition coefficient (Wildman–Crippen LogP) is 5.36. The predicted molar refractivity (Wildman–Crippen MR) is 134 cm³/mol. The van der Waals surface area contributed by atoms with Crippen LogP contribution >= 0.6 is 0 Å². The second-order valence-electron chi connectivity index (χ2n) is 8.56. The second kappa shape index (κ2) is 11.2. The van der Waals surface area contributed by atoms with Crippen LogP contribution in [0.3, 0.4) is 0 Å². The number of carbonyl (C=O) groups is 1. The first kappa shape index (κ1) is 25.9. The summed E-state index contributed by atoms with van der Waals surface area (Å²) in [4.78, 5) is 31.9. The zero-order valence-corrected chi connectivity index (χ0v) is 19.7. The van der Waals surface area contributed by atoms with Crippen molar-refractivity contribution in [2.45, 2.75) is 19.1 Å². The average molecular weight is 515 g/mol. The van der Waals surface area contributed by atoms with Crippen molar-refractivity contribution < 1.29 is 22.9 Å². The molecule has 2 aromatic carbocycles. The highest BCUT2D eigenvalue weighted by Crippen LogP contribution is 2.30. The lowest BCUT2D eigenvalue weighted by Gasteiger charge is -2.23. The minimum Gasteiger partial charge on any atom is -0.355 e. The molecule has 0 atom stereocenters. The first-order valence-corrected chi connectivity index (χ1v) is 11.6. The normalized spacial score (nSPS) is 14.6. The van der Waals surface area contributed by atoms with Gasteiger partial charge in [-0.15, -0.1) is 0 Å². The van der Waals surface area contributed by atoms with Gasteiger partial charge in [-0.1, -0.05) is 18.2 Å². The van der Waals surface area contributed by atoms with Crippen molar-refractivity contribution in [3.05, 3.63) is 88.1 Å². The molecule has 0 unspecified atom stereocenters. The highest BCUT2D eigenvalue weighted by atomic mass is 19.4. The lowest BCUT2D eigenvalue weighted by Crippen LogP contribution is -2.31. The molecule has 0 aliphatic carbocycles. The zero-order chi connectivity index (χ0) is 26.4. The SMILES string of the molecule is O=C(Nc1ccc(C(F)(F)F)cc1)Nc1ccc(N2CCCN(Cc3ccccc3[N+](=O)[O-])CC2)nc1. The molecule has 1 fully saturated rings. The number of aromatic nitrogens is 1. The molecule has 4 rings (SSSR count). The summed E-state index contributed by atoms with van der Waals surface area (Å²) in [6, 6.07) is 13.8. The number of nitrogens with zero attached hydrogens (tertiary/aromatic N) is 4. The van der Waals surface area contributed by atoms with Gasteiger partial charge in [0.2, 0.25) is 0 Å². The standard InChI is InChI=1S/C25H25F3N6O3/c26-25(27,28)19-6-8-20(9-7-19)30-24(35)31-21-10-11-23(29-16-21)33-13-3-12-32(14-15-33)17-18-4-1-2-5-22(18)34(36)37/h1-2,4-11,16H,3,12-15,17H2,(H2,30,31,35). The maximum atomic E-state index is 12.7. The van der Waals surface area contributed by atoms with Crippen molar-refractivity contribution in [3.63, 3.8) is 0 Å². The number of carbonyl (C=O) groups excluding carboxylic acids is 1. The molecule has 194 valence electrons. The number of urea groups is 1. The van der Waals surface area contributed by atoms with Crippen molar-refractivity contribution in [2.24, 2.45) is 0 Å². The van der Waals surface area contributed by atoms with Crippen LogP contribution < -0.4 is 15.5 Å². The molecule has 0 bridgehead atoms. The topological polar surface area (TPSA) is 104 Å². The third-order valence-corrected chi connectivity index (χ3v) is 5.97. The fourth-order valence-corrected chi connectivity index (χ4v) is 4.10. The molecule has 37 heavy (non-hydrogen) atoms. The van der Waals surface area contributed by atoms with Crippen LogP contribution in [0.25, 0.3) is 0 Å². The molecule has 1 aliphatic rings. The van der Waals surface area contributed by atoms with E-state index in [-0.39, 0.29) is 16.3 Å². The van der Waals surface area contributed by atoms with Crippen LogP contribution in [0.5, 0.6) is 0 Å². The Balaban J connectivity index is 1.30. The minimum absolute atomic E-state index is 0.121. The van der Waals surface area contributed by atoms with Gasteiger partial charge in [0.1, 0.15) is 5.82 Å². The van der Waals surface area contributed by atoms with Gasteiger partial charge in [-0.25, -0.2) is 9.78 Å². The molecule has 12 heteroatoms. The molecule has 2 heterocycles. The molecule has 0 saturated carbocycles. The van der Waals surface area contributed by atoms with Gasteiger partial charge in [0.15, 0.2) is 0 Å². The van der Waals surface area contributed by atoms with Crippen LogP contribution in [-0.4, -0.2) is 47.0 Å². The van der Waals surface area contributed by atoms with E-state index >= 15 is 0 Å². The first-order chi connectivity index (χ1) is 17.7. The van der Waals surface area contributed by atoms with Crippen LogP contribution in [-0.2, 0) is 12.7 Å². The van der Waals surface area contributed by atoms with Gasteiger partial charge >= 0.3 is 12.2 Å². The van der Waals surface area contributed by atoms with Gasteiger partial charge in [0.05, 0.1) is 22.4 Å². The maximum Gasteiger partial charge on any atom is 0.416 e. The number of hydrogen-bond acceptors (Lipinski definition) is 6. The molecule has 3 aromatic rings. The highest BCUT2D eigenvalue weighted by molar-refractivity contribution is 5.99. The number of nitrogens with one attached hydrogen (secondary N) is 2. The number of anilines is 3. The van der Waals surface area contributed by atoms with E-state index in [1.165, 1.54) is 24.4 Å². The summed E-state index contributed by atoms with van der Waals surface area (Å²) in [5, 5.41) is 16.4. The van der Waals surface area contributed by atoms with E-state index in [2.05, 4.69) is 25.4 Å². The molecule has 0 radical (unpaired) electrons. The molecule has 1 aromatic heterocycles. The second-order valence-corrected chi connectivity index (χ2v) is 8.56. The molecule has 1 aliphatic heterocycles. The number of para-hydroxylation sites is 1. The lowest BCUT2D eigenvalue weighted by molar-refractivity contribution is -0.385. The molecular weight excluding hydrogens is 489 g/mol. The third-order valence-electron chi connectivity index (χ3n) is 5.97. The van der Waals surface area contributed by atoms with Crippen LogP contribution in [0.4, 0.5) is 40.8 Å². The Morgan fingerprint density at radius 2 is 1.65 bits per heavy atom. The third kappa shape index (κ3) is 6.94. The quantitative estimate of drug-likeness (QED) is 0.339. The van der Waals surface area contributed by atoms with E-state index in [0.29, 0.717) is 30.9 Å². The average Bonchev–Trinajstić information content (AvgIpc) is 3.10. The van der Waals surface area contributed by atoms with E-state index in [9.17, 15) is 28.1 Å². The Labute approximate surface area is 211 Å². The number of alkyl halides is 3. The number of amides is 2. The van der Waals surface area contributed by atoms with E-state index in [1.807, 2.05) is 0 Å². The molecule has 0 spiro atoms. The summed E-state index contributed by atoms with van der Waals surface area (Å²) in [6.07, 6.45) is -2.07. The van der Waals surface area contributed by atoms with Gasteiger partial charge < -0.3 is 15.5 Å². The zero-order valence-electron chi connectivity index (χ0n) is 19.7. The van der Waals surface area contributed by atoms with E-state index in [4.69, 9.17) is 0 Å². The minimum atomic E-state index is -4.44. The summed E-state index contributed by atoms with van der Waals surface area (Å²) in [5.41, 5.74) is 0.669. The van der Waals surface area contributed by atoms with Crippen LogP contribution in [0.15, 0.2) is 66.9 Å². The number of benzene rings is 2. The highest BCUT2D eigenvalue weighted by Gasteiger charge is 2.30. The van der Waals surface area contributed by atoms with Crippen LogP contribution in [0.2, 0.25) is 0 Å². The summed E-state index contributed by atoms with van der Waals surface area (Å²) >= 11 is 0. The van der Waals surface area contributed by atoms with Crippen molar-refractivity contribution in [1.82, 2.24) is 9.88 Å². The molecule has 1 saturated heterocycles. The summed E-state index contributed by atoms with van der Waals surface area (Å²) in [6.45, 7) is 3.46. The van der Waals surface area contributed by atoms with Gasteiger partial charge in [-0.05, 0) is 42.8 Å². The van der Waals surface area contributed by atoms with Crippen molar-refractivity contribution in [3.8, 4) is 0 Å². The van der Waals surface area contributed by atoms with E-state index in [1.54, 1.807) is 30.3 Å². The summed E-state index contributed by atoms with van der Waals surface area (Å²) in [7, 11) is 0. The number of nitro benzene ring substituents is 1. The van der Waals surface area contributed by atoms with E-state index < -0.39 is 17.8 Å². The number of rotatable bonds is 6. The Morgan fingerprint density at radius 3 is 2.32 bits per heavy atom. The van der Waals surface area contributed by atoms with Crippen LogP contribution in [0, 0.1) is 10.1 Å². The Kier molecular flexibility index (Phi) is 7.87. The number of nitro groups is 1. The molecule has 2 N–H and O–H groups in total. The van der Waals surface area contributed by atoms with Crippen molar-refractivity contribution in [1.29, 1.82) is 0 Å². The maximum absolute atomic E-state index is 12.7. The molecular formula is C25H25F3N6O3. The van der Waals surface area contributed by atoms with Crippen molar-refractivity contribution >= 4 is 28.9 Å². The molecule has 9 nitrogen and oxygen atoms in total. The van der Waals surface area contributed by atoms with E-state index in [0.717, 1.165) is 37.5 Å². The van der Waals surface area contributed by atoms with Crippen LogP contribution in [0.1, 0.15) is 17.5 Å². The summed E-state index contributed by atoms with van der Waals surface area (Å²) in [5.74, 6) is 0.737. The summed E-state index contributed by atoms with van der Waals surface area (Å²) < 4.78 is 38.0. The Morgan fingerprint density at radius 1 is 0.946 bits per heavy atom.